The van der Waals surface area contributed by atoms with E-state index in [1.807, 2.05) is 0 Å². The quantitative estimate of drug-likeness (QED) is 0.837. The monoisotopic (exact) mass is 277 g/mol. The molecule has 0 fully saturated rings. The number of ether oxygens (including phenoxy) is 1. The van der Waals surface area contributed by atoms with Crippen molar-refractivity contribution in [2.45, 2.75) is 25.7 Å². The molecule has 0 unspecified atom stereocenters. The predicted octanol–water partition coefficient (Wildman–Crippen LogP) is 2.09. The van der Waals surface area contributed by atoms with Gasteiger partial charge in [-0.1, -0.05) is 0 Å². The van der Waals surface area contributed by atoms with Crippen molar-refractivity contribution in [2.24, 2.45) is 0 Å². The van der Waals surface area contributed by atoms with E-state index in [0.29, 0.717) is 26.0 Å². The van der Waals surface area contributed by atoms with Crippen molar-refractivity contribution in [2.75, 3.05) is 25.2 Å². The van der Waals surface area contributed by atoms with Crippen molar-refractivity contribution in [1.29, 1.82) is 0 Å². The Hall–Kier alpha value is -1.88. The van der Waals surface area contributed by atoms with Crippen molar-refractivity contribution in [3.8, 4) is 0 Å². The van der Waals surface area contributed by atoms with Crippen LogP contribution in [-0.2, 0) is 16.0 Å². The van der Waals surface area contributed by atoms with E-state index in [1.54, 1.807) is 30.2 Å². The first-order chi connectivity index (χ1) is 9.63. The highest BCUT2D eigenvalue weighted by molar-refractivity contribution is 5.96. The van der Waals surface area contributed by atoms with Gasteiger partial charge in [-0.2, -0.15) is 0 Å². The first-order valence-corrected chi connectivity index (χ1v) is 6.79. The minimum atomic E-state index is -0.934. The number of amides is 1. The number of aryl methyl sites for hydroxylation is 1. The summed E-state index contributed by atoms with van der Waals surface area (Å²) >= 11 is 0. The zero-order valence-corrected chi connectivity index (χ0v) is 11.6. The van der Waals surface area contributed by atoms with E-state index in [4.69, 9.17) is 9.84 Å². The number of carbonyl (C=O) groups is 2. The van der Waals surface area contributed by atoms with Gasteiger partial charge in [0.2, 0.25) is 5.91 Å². The molecule has 0 radical (unpaired) electrons. The van der Waals surface area contributed by atoms with Gasteiger partial charge in [0.1, 0.15) is 0 Å². The van der Waals surface area contributed by atoms with Crippen LogP contribution in [0.2, 0.25) is 0 Å². The van der Waals surface area contributed by atoms with Gasteiger partial charge in [0.15, 0.2) is 0 Å². The number of benzene rings is 1. The number of methoxy groups -OCH3 is 1. The second-order valence-corrected chi connectivity index (χ2v) is 4.89. The van der Waals surface area contributed by atoms with Gasteiger partial charge in [-0.25, -0.2) is 4.79 Å². The summed E-state index contributed by atoms with van der Waals surface area (Å²) in [5.74, 6) is -0.859. The molecule has 1 amide bonds. The minimum absolute atomic E-state index is 0.0751. The van der Waals surface area contributed by atoms with Crippen molar-refractivity contribution >= 4 is 17.6 Å². The molecule has 2 rings (SSSR count). The van der Waals surface area contributed by atoms with Gasteiger partial charge < -0.3 is 14.7 Å². The van der Waals surface area contributed by atoms with Gasteiger partial charge in [-0.15, -0.1) is 0 Å². The molecule has 0 aromatic heterocycles. The van der Waals surface area contributed by atoms with Crippen LogP contribution in [0, 0.1) is 0 Å². The lowest BCUT2D eigenvalue weighted by molar-refractivity contribution is -0.119. The summed E-state index contributed by atoms with van der Waals surface area (Å²) < 4.78 is 4.96. The minimum Gasteiger partial charge on any atom is -0.478 e. The molecule has 108 valence electrons. The Morgan fingerprint density at radius 2 is 2.20 bits per heavy atom. The highest BCUT2D eigenvalue weighted by Crippen LogP contribution is 2.28. The third-order valence-corrected chi connectivity index (χ3v) is 3.49. The van der Waals surface area contributed by atoms with Crippen LogP contribution in [0.1, 0.15) is 35.2 Å². The van der Waals surface area contributed by atoms with Gasteiger partial charge in [0.05, 0.1) is 5.56 Å². The molecule has 5 heteroatoms. The number of rotatable bonds is 5. The third-order valence-electron chi connectivity index (χ3n) is 3.49. The number of carbonyl (C=O) groups excluding carboxylic acids is 1. The Bertz CT molecular complexity index is 513. The van der Waals surface area contributed by atoms with Crippen LogP contribution < -0.4 is 4.90 Å². The fraction of sp³-hybridized carbons (Fsp3) is 0.467. The van der Waals surface area contributed by atoms with E-state index in [0.717, 1.165) is 24.1 Å². The molecule has 0 saturated carbocycles. The number of anilines is 1. The summed E-state index contributed by atoms with van der Waals surface area (Å²) in [4.78, 5) is 25.0. The number of nitrogens with zero attached hydrogens (tertiary/aromatic N) is 1. The summed E-state index contributed by atoms with van der Waals surface area (Å²) in [5.41, 5.74) is 2.07. The van der Waals surface area contributed by atoms with Crippen LogP contribution in [0.5, 0.6) is 0 Å². The normalized spacial score (nSPS) is 13.9. The molecule has 0 bridgehead atoms. The maximum atomic E-state index is 12.2. The lowest BCUT2D eigenvalue weighted by Crippen LogP contribution is -2.35. The number of hydrogen-bond donors (Lipinski definition) is 1. The van der Waals surface area contributed by atoms with E-state index in [9.17, 15) is 9.59 Å². The first-order valence-electron chi connectivity index (χ1n) is 6.79. The highest BCUT2D eigenvalue weighted by Gasteiger charge is 2.22. The maximum absolute atomic E-state index is 12.2. The molecule has 1 aliphatic heterocycles. The molecule has 1 aromatic rings. The van der Waals surface area contributed by atoms with Gasteiger partial charge in [-0.3, -0.25) is 4.79 Å². The molecule has 1 aromatic carbocycles. The zero-order chi connectivity index (χ0) is 14.5. The predicted molar refractivity (Wildman–Crippen MR) is 75.2 cm³/mol. The number of hydrogen-bond acceptors (Lipinski definition) is 3. The Labute approximate surface area is 118 Å². The molecule has 0 saturated heterocycles. The van der Waals surface area contributed by atoms with Crippen molar-refractivity contribution in [1.82, 2.24) is 0 Å². The first kappa shape index (κ1) is 14.5. The highest BCUT2D eigenvalue weighted by atomic mass is 16.5. The SMILES string of the molecule is COCCCC(=O)N1CCCc2cc(C(=O)O)ccc21. The van der Waals surface area contributed by atoms with Crippen LogP contribution in [0.4, 0.5) is 5.69 Å². The third kappa shape index (κ3) is 3.17. The summed E-state index contributed by atoms with van der Waals surface area (Å²) in [6.45, 7) is 1.27. The maximum Gasteiger partial charge on any atom is 0.335 e. The Balaban J connectivity index is 2.15. The van der Waals surface area contributed by atoms with E-state index < -0.39 is 5.97 Å². The molecule has 5 nitrogen and oxygen atoms in total. The summed E-state index contributed by atoms with van der Waals surface area (Å²) in [7, 11) is 1.62. The lowest BCUT2D eigenvalue weighted by atomic mass is 9.98. The molecule has 0 atom stereocenters. The molecule has 0 aliphatic carbocycles. The van der Waals surface area contributed by atoms with E-state index in [2.05, 4.69) is 0 Å². The topological polar surface area (TPSA) is 66.8 Å². The molecule has 0 spiro atoms. The number of fused-ring (bicyclic) bond motifs is 1. The number of aromatic carboxylic acids is 1. The molecular formula is C15H19NO4. The van der Waals surface area contributed by atoms with E-state index in [-0.39, 0.29) is 11.5 Å². The molecule has 20 heavy (non-hydrogen) atoms. The average Bonchev–Trinajstić information content (AvgIpc) is 2.46. The fourth-order valence-corrected chi connectivity index (χ4v) is 2.49. The van der Waals surface area contributed by atoms with E-state index >= 15 is 0 Å². The summed E-state index contributed by atoms with van der Waals surface area (Å²) in [5, 5.41) is 9.01. The lowest BCUT2D eigenvalue weighted by Gasteiger charge is -2.29. The Morgan fingerprint density at radius 3 is 2.90 bits per heavy atom. The van der Waals surface area contributed by atoms with Crippen molar-refractivity contribution in [3.63, 3.8) is 0 Å². The van der Waals surface area contributed by atoms with Crippen LogP contribution in [-0.4, -0.2) is 37.2 Å². The Morgan fingerprint density at radius 1 is 1.40 bits per heavy atom. The van der Waals surface area contributed by atoms with Crippen LogP contribution in [0.3, 0.4) is 0 Å². The fourth-order valence-electron chi connectivity index (χ4n) is 2.49. The second-order valence-electron chi connectivity index (χ2n) is 4.89. The largest absolute Gasteiger partial charge is 0.478 e. The van der Waals surface area contributed by atoms with Crippen LogP contribution in [0.15, 0.2) is 18.2 Å². The zero-order valence-electron chi connectivity index (χ0n) is 11.6. The van der Waals surface area contributed by atoms with Crippen molar-refractivity contribution < 1.29 is 19.4 Å². The Kier molecular flexibility index (Phi) is 4.74. The second kappa shape index (κ2) is 6.52. The van der Waals surface area contributed by atoms with Gasteiger partial charge in [-0.05, 0) is 43.0 Å². The van der Waals surface area contributed by atoms with Crippen molar-refractivity contribution in [3.05, 3.63) is 29.3 Å². The molecule has 1 heterocycles. The molecule has 1 N–H and O–H groups in total. The summed E-state index contributed by atoms with van der Waals surface area (Å²) in [6.07, 6.45) is 2.84. The summed E-state index contributed by atoms with van der Waals surface area (Å²) in [6, 6.07) is 4.97. The smallest absolute Gasteiger partial charge is 0.335 e. The number of carboxylic acid groups (broad SMARTS) is 1. The molecular weight excluding hydrogens is 258 g/mol. The molecule has 1 aliphatic rings. The number of carboxylic acids is 1. The van der Waals surface area contributed by atoms with Crippen LogP contribution in [0.25, 0.3) is 0 Å². The van der Waals surface area contributed by atoms with Gasteiger partial charge in [0.25, 0.3) is 0 Å². The van der Waals surface area contributed by atoms with Gasteiger partial charge >= 0.3 is 5.97 Å². The van der Waals surface area contributed by atoms with E-state index in [1.165, 1.54) is 0 Å². The average molecular weight is 277 g/mol. The van der Waals surface area contributed by atoms with Crippen LogP contribution >= 0.6 is 0 Å². The van der Waals surface area contributed by atoms with Gasteiger partial charge in [0, 0.05) is 32.4 Å². The standard InChI is InChI=1S/C15H19NO4/c1-20-9-3-5-14(17)16-8-2-4-11-10-12(15(18)19)6-7-13(11)16/h6-7,10H,2-5,8-9H2,1H3,(H,18,19).